The van der Waals surface area contributed by atoms with E-state index in [-0.39, 0.29) is 12.3 Å². The molecule has 4 rings (SSSR count). The van der Waals surface area contributed by atoms with Gasteiger partial charge in [-0.25, -0.2) is 4.98 Å². The fraction of sp³-hybridized carbons (Fsp3) is 0.250. The second-order valence-corrected chi connectivity index (χ2v) is 11.8. The Hall–Kier alpha value is -4.10. The number of amides is 1. The zero-order chi connectivity index (χ0) is 31.0. The number of imidazole rings is 1. The number of methoxy groups -OCH3 is 1. The SMILES string of the molecule is COc1ccc(NC(=S)N(Cc2cccc(Cl)c2Cl)CC(C)(C)NC(=O)Cc2cncn2Cc2ccc(C#N)cc2)cc1. The van der Waals surface area contributed by atoms with Crippen LogP contribution in [0.15, 0.2) is 79.3 Å². The maximum atomic E-state index is 13.3. The summed E-state index contributed by atoms with van der Waals surface area (Å²) in [5, 5.41) is 16.9. The molecule has 0 aliphatic rings. The van der Waals surface area contributed by atoms with E-state index in [0.29, 0.717) is 40.4 Å². The number of nitrogens with one attached hydrogen (secondary N) is 2. The molecule has 1 aromatic heterocycles. The van der Waals surface area contributed by atoms with E-state index in [1.165, 1.54) is 0 Å². The molecule has 3 aromatic carbocycles. The first-order chi connectivity index (χ1) is 20.6. The molecule has 0 spiro atoms. The second-order valence-electron chi connectivity index (χ2n) is 10.7. The highest BCUT2D eigenvalue weighted by Crippen LogP contribution is 2.27. The van der Waals surface area contributed by atoms with Gasteiger partial charge in [-0.3, -0.25) is 4.79 Å². The summed E-state index contributed by atoms with van der Waals surface area (Å²) in [5.41, 5.74) is 3.31. The number of anilines is 1. The molecule has 2 N–H and O–H groups in total. The maximum Gasteiger partial charge on any atom is 0.226 e. The number of halogens is 2. The van der Waals surface area contributed by atoms with Crippen molar-refractivity contribution in [1.82, 2.24) is 19.8 Å². The third-order valence-corrected chi connectivity index (χ3v) is 7.88. The Balaban J connectivity index is 1.46. The lowest BCUT2D eigenvalue weighted by molar-refractivity contribution is -0.122. The van der Waals surface area contributed by atoms with Crippen molar-refractivity contribution in [3.8, 4) is 11.8 Å². The first kappa shape index (κ1) is 31.8. The molecule has 0 saturated heterocycles. The first-order valence-electron chi connectivity index (χ1n) is 13.5. The first-order valence-corrected chi connectivity index (χ1v) is 14.7. The summed E-state index contributed by atoms with van der Waals surface area (Å²) in [6.07, 6.45) is 3.54. The number of thiocarbonyl (C=S) groups is 1. The fourth-order valence-electron chi connectivity index (χ4n) is 4.57. The van der Waals surface area contributed by atoms with Gasteiger partial charge in [0.25, 0.3) is 0 Å². The Morgan fingerprint density at radius 1 is 1.12 bits per heavy atom. The zero-order valence-electron chi connectivity index (χ0n) is 24.1. The summed E-state index contributed by atoms with van der Waals surface area (Å²) in [6, 6.07) is 22.4. The van der Waals surface area contributed by atoms with Crippen molar-refractivity contribution >= 4 is 52.1 Å². The molecular formula is C32H32Cl2N6O2S. The Morgan fingerprint density at radius 2 is 1.84 bits per heavy atom. The van der Waals surface area contributed by atoms with Gasteiger partial charge in [0.2, 0.25) is 5.91 Å². The van der Waals surface area contributed by atoms with Crippen LogP contribution in [-0.4, -0.2) is 44.7 Å². The minimum Gasteiger partial charge on any atom is -0.497 e. The van der Waals surface area contributed by atoms with Crippen molar-refractivity contribution in [1.29, 1.82) is 5.26 Å². The molecule has 1 heterocycles. The number of hydrogen-bond acceptors (Lipinski definition) is 5. The monoisotopic (exact) mass is 634 g/mol. The van der Waals surface area contributed by atoms with E-state index in [1.54, 1.807) is 37.8 Å². The Morgan fingerprint density at radius 3 is 2.51 bits per heavy atom. The van der Waals surface area contributed by atoms with Crippen LogP contribution in [0, 0.1) is 11.3 Å². The molecule has 0 saturated carbocycles. The molecule has 4 aromatic rings. The molecule has 0 fully saturated rings. The van der Waals surface area contributed by atoms with E-state index in [4.69, 9.17) is 45.4 Å². The van der Waals surface area contributed by atoms with Gasteiger partial charge in [0.15, 0.2) is 5.11 Å². The predicted octanol–water partition coefficient (Wildman–Crippen LogP) is 6.45. The molecule has 8 nitrogen and oxygen atoms in total. The van der Waals surface area contributed by atoms with Gasteiger partial charge in [0.05, 0.1) is 47.1 Å². The second kappa shape index (κ2) is 14.4. The summed E-state index contributed by atoms with van der Waals surface area (Å²) in [4.78, 5) is 19.5. The van der Waals surface area contributed by atoms with Crippen LogP contribution in [0.1, 0.15) is 36.2 Å². The molecule has 0 unspecified atom stereocenters. The van der Waals surface area contributed by atoms with Crippen molar-refractivity contribution in [2.24, 2.45) is 0 Å². The number of aromatic nitrogens is 2. The zero-order valence-corrected chi connectivity index (χ0v) is 26.4. The largest absolute Gasteiger partial charge is 0.497 e. The van der Waals surface area contributed by atoms with E-state index >= 15 is 0 Å². The van der Waals surface area contributed by atoms with E-state index in [0.717, 1.165) is 28.3 Å². The van der Waals surface area contributed by atoms with Crippen molar-refractivity contribution in [3.05, 3.63) is 112 Å². The number of nitrogens with zero attached hydrogens (tertiary/aromatic N) is 4. The van der Waals surface area contributed by atoms with Crippen LogP contribution < -0.4 is 15.4 Å². The van der Waals surface area contributed by atoms with Gasteiger partial charge in [-0.15, -0.1) is 0 Å². The lowest BCUT2D eigenvalue weighted by Crippen LogP contribution is -2.53. The van der Waals surface area contributed by atoms with Gasteiger partial charge in [-0.05, 0) is 79.7 Å². The van der Waals surface area contributed by atoms with Crippen molar-refractivity contribution in [2.45, 2.75) is 38.9 Å². The van der Waals surface area contributed by atoms with E-state index in [2.05, 4.69) is 21.7 Å². The number of ether oxygens (including phenoxy) is 1. The van der Waals surface area contributed by atoms with Gasteiger partial charge in [-0.2, -0.15) is 5.26 Å². The average Bonchev–Trinajstić information content (AvgIpc) is 3.41. The predicted molar refractivity (Wildman–Crippen MR) is 174 cm³/mol. The normalized spacial score (nSPS) is 11.0. The molecule has 1 amide bonds. The third-order valence-electron chi connectivity index (χ3n) is 6.66. The smallest absolute Gasteiger partial charge is 0.226 e. The summed E-state index contributed by atoms with van der Waals surface area (Å²) >= 11 is 18.7. The molecule has 0 radical (unpaired) electrons. The summed E-state index contributed by atoms with van der Waals surface area (Å²) in [7, 11) is 1.61. The molecule has 0 aliphatic carbocycles. The van der Waals surface area contributed by atoms with Crippen LogP contribution in [0.5, 0.6) is 5.75 Å². The van der Waals surface area contributed by atoms with Crippen molar-refractivity contribution < 1.29 is 9.53 Å². The number of carbonyl (C=O) groups excluding carboxylic acids is 1. The van der Waals surface area contributed by atoms with Crippen LogP contribution >= 0.6 is 35.4 Å². The Labute approximate surface area is 267 Å². The van der Waals surface area contributed by atoms with Crippen LogP contribution in [0.3, 0.4) is 0 Å². The number of nitriles is 1. The molecule has 0 aliphatic heterocycles. The van der Waals surface area contributed by atoms with E-state index < -0.39 is 5.54 Å². The Bertz CT molecular complexity index is 1610. The molecule has 222 valence electrons. The van der Waals surface area contributed by atoms with Gasteiger partial charge in [0.1, 0.15) is 5.75 Å². The van der Waals surface area contributed by atoms with E-state index in [1.807, 2.05) is 71.8 Å². The summed E-state index contributed by atoms with van der Waals surface area (Å²) in [6.45, 7) is 5.19. The lowest BCUT2D eigenvalue weighted by atomic mass is 10.0. The summed E-state index contributed by atoms with van der Waals surface area (Å²) in [5.74, 6) is 0.586. The standard InChI is InChI=1S/C32H32Cl2N6O2S/c1-32(2,38-29(41)15-26-17-36-21-40(26)18-23-9-7-22(16-35)8-10-23)20-39(19-24-5-4-6-28(33)30(24)34)31(43)37-25-11-13-27(42-3)14-12-25/h4-14,17,21H,15,18-20H2,1-3H3,(H,37,43)(H,38,41). The highest BCUT2D eigenvalue weighted by atomic mass is 35.5. The molecule has 0 atom stereocenters. The fourth-order valence-corrected chi connectivity index (χ4v) is 5.20. The minimum atomic E-state index is -0.675. The number of benzene rings is 3. The third kappa shape index (κ3) is 8.94. The van der Waals surface area contributed by atoms with E-state index in [9.17, 15) is 4.79 Å². The van der Waals surface area contributed by atoms with Gasteiger partial charge in [-0.1, -0.05) is 47.5 Å². The maximum absolute atomic E-state index is 13.3. The van der Waals surface area contributed by atoms with Crippen molar-refractivity contribution in [2.75, 3.05) is 19.0 Å². The van der Waals surface area contributed by atoms with Gasteiger partial charge in [0, 0.05) is 37.2 Å². The summed E-state index contributed by atoms with van der Waals surface area (Å²) < 4.78 is 7.18. The molecule has 0 bridgehead atoms. The van der Waals surface area contributed by atoms with Gasteiger partial charge < -0.3 is 24.8 Å². The number of carbonyl (C=O) groups is 1. The van der Waals surface area contributed by atoms with Crippen LogP contribution in [0.2, 0.25) is 10.0 Å². The van der Waals surface area contributed by atoms with Gasteiger partial charge >= 0.3 is 0 Å². The van der Waals surface area contributed by atoms with Crippen LogP contribution in [0.4, 0.5) is 5.69 Å². The lowest BCUT2D eigenvalue weighted by Gasteiger charge is -2.35. The highest BCUT2D eigenvalue weighted by Gasteiger charge is 2.27. The van der Waals surface area contributed by atoms with Crippen LogP contribution in [0.25, 0.3) is 0 Å². The van der Waals surface area contributed by atoms with Crippen molar-refractivity contribution in [3.63, 3.8) is 0 Å². The number of rotatable bonds is 11. The minimum absolute atomic E-state index is 0.147. The molecule has 43 heavy (non-hydrogen) atoms. The highest BCUT2D eigenvalue weighted by molar-refractivity contribution is 7.80. The topological polar surface area (TPSA) is 95.2 Å². The quantitative estimate of drug-likeness (QED) is 0.183. The van der Waals surface area contributed by atoms with Crippen LogP contribution in [-0.2, 0) is 24.3 Å². The Kier molecular flexibility index (Phi) is 10.6. The number of hydrogen-bond donors (Lipinski definition) is 2. The molecule has 11 heteroatoms. The average molecular weight is 636 g/mol. The molecular weight excluding hydrogens is 603 g/mol.